The van der Waals surface area contributed by atoms with Gasteiger partial charge in [-0.3, -0.25) is 4.79 Å². The fraction of sp³-hybridized carbons (Fsp3) is 0.577. The van der Waals surface area contributed by atoms with E-state index in [4.69, 9.17) is 35.5 Å². The number of imidazole rings is 1. The molecule has 1 aliphatic rings. The Hall–Kier alpha value is -2.39. The third kappa shape index (κ3) is 7.56. The first-order valence-electron chi connectivity index (χ1n) is 12.6. The van der Waals surface area contributed by atoms with Crippen LogP contribution in [-0.4, -0.2) is 47.2 Å². The molecule has 10 heteroatoms. The number of thioether (sulfide) groups is 1. The highest BCUT2D eigenvalue weighted by Gasteiger charge is 2.26. The number of halogens is 1. The number of nitrogens with zero attached hydrogens (tertiary/aromatic N) is 2. The maximum absolute atomic E-state index is 13.1. The molecule has 0 fully saturated rings. The average molecular weight is 539 g/mol. The molecular weight excluding hydrogens is 504 g/mol. The molecule has 0 radical (unpaired) electrons. The minimum Gasteiger partial charge on any atom is -0.466 e. The van der Waals surface area contributed by atoms with Gasteiger partial charge in [0, 0.05) is 23.9 Å². The Balaban J connectivity index is 1.80. The van der Waals surface area contributed by atoms with E-state index in [2.05, 4.69) is 6.92 Å². The van der Waals surface area contributed by atoms with Crippen molar-refractivity contribution in [2.24, 2.45) is 0 Å². The second-order valence-electron chi connectivity index (χ2n) is 8.35. The van der Waals surface area contributed by atoms with Crippen molar-refractivity contribution in [3.05, 3.63) is 34.2 Å². The molecular formula is C26H35ClN2O6S. The van der Waals surface area contributed by atoms with E-state index in [9.17, 15) is 9.59 Å². The molecule has 2 aromatic rings. The van der Waals surface area contributed by atoms with Crippen LogP contribution in [0.25, 0.3) is 0 Å². The molecule has 0 aliphatic carbocycles. The summed E-state index contributed by atoms with van der Waals surface area (Å²) < 4.78 is 23.3. The Morgan fingerprint density at radius 1 is 1.06 bits per heavy atom. The molecule has 36 heavy (non-hydrogen) atoms. The van der Waals surface area contributed by atoms with Crippen LogP contribution in [-0.2, 0) is 27.2 Å². The quantitative estimate of drug-likeness (QED) is 0.154. The van der Waals surface area contributed by atoms with Gasteiger partial charge in [0.2, 0.25) is 6.79 Å². The number of hydrogen-bond donors (Lipinski definition) is 0. The molecule has 0 spiro atoms. The maximum atomic E-state index is 13.1. The van der Waals surface area contributed by atoms with Crippen molar-refractivity contribution >= 4 is 35.3 Å². The molecule has 0 unspecified atom stereocenters. The summed E-state index contributed by atoms with van der Waals surface area (Å²) >= 11 is 8.11. The summed E-state index contributed by atoms with van der Waals surface area (Å²) in [5, 5.41) is 1.21. The van der Waals surface area contributed by atoms with Gasteiger partial charge in [-0.15, -0.1) is 11.8 Å². The highest BCUT2D eigenvalue weighted by atomic mass is 35.5. The van der Waals surface area contributed by atoms with Crippen molar-refractivity contribution in [1.29, 1.82) is 0 Å². The molecule has 1 aliphatic heterocycles. The first-order valence-corrected chi connectivity index (χ1v) is 14.0. The molecule has 0 atom stereocenters. The van der Waals surface area contributed by atoms with Crippen LogP contribution in [0.3, 0.4) is 0 Å². The van der Waals surface area contributed by atoms with E-state index in [1.165, 1.54) is 0 Å². The number of fused-ring (bicyclic) bond motifs is 1. The summed E-state index contributed by atoms with van der Waals surface area (Å²) in [5.74, 6) is 2.32. The largest absolute Gasteiger partial charge is 0.466 e. The smallest absolute Gasteiger partial charge is 0.357 e. The average Bonchev–Trinajstić information content (AvgIpc) is 3.44. The molecule has 0 saturated heterocycles. The van der Waals surface area contributed by atoms with Crippen molar-refractivity contribution in [2.45, 2.75) is 77.3 Å². The van der Waals surface area contributed by atoms with Gasteiger partial charge in [-0.05, 0) is 50.5 Å². The zero-order valence-corrected chi connectivity index (χ0v) is 22.8. The second-order valence-corrected chi connectivity index (χ2v) is 9.84. The number of unbranched alkanes of at least 4 members (excludes halogenated alkanes) is 3. The van der Waals surface area contributed by atoms with Gasteiger partial charge < -0.3 is 23.5 Å². The van der Waals surface area contributed by atoms with Gasteiger partial charge in [-0.25, -0.2) is 9.78 Å². The molecule has 2 heterocycles. The van der Waals surface area contributed by atoms with Crippen molar-refractivity contribution in [1.82, 2.24) is 9.55 Å². The van der Waals surface area contributed by atoms with Crippen molar-refractivity contribution < 1.29 is 28.5 Å². The van der Waals surface area contributed by atoms with Crippen molar-refractivity contribution in [2.75, 3.05) is 25.8 Å². The molecule has 0 bridgehead atoms. The lowest BCUT2D eigenvalue weighted by Gasteiger charge is -2.14. The summed E-state index contributed by atoms with van der Waals surface area (Å²) in [6, 6.07) is 3.61. The number of esters is 2. The molecule has 0 N–H and O–H groups in total. The van der Waals surface area contributed by atoms with Crippen molar-refractivity contribution in [3.8, 4) is 11.5 Å². The summed E-state index contributed by atoms with van der Waals surface area (Å²) in [4.78, 5) is 29.5. The van der Waals surface area contributed by atoms with E-state index < -0.39 is 5.97 Å². The molecule has 1 aromatic heterocycles. The third-order valence-electron chi connectivity index (χ3n) is 5.68. The highest BCUT2D eigenvalue weighted by molar-refractivity contribution is 7.99. The molecule has 0 amide bonds. The van der Waals surface area contributed by atoms with Crippen LogP contribution < -0.4 is 9.47 Å². The van der Waals surface area contributed by atoms with Crippen LogP contribution in [0.2, 0.25) is 5.02 Å². The molecule has 0 saturated carbocycles. The van der Waals surface area contributed by atoms with Crippen LogP contribution >= 0.6 is 23.4 Å². The summed E-state index contributed by atoms with van der Waals surface area (Å²) in [6.07, 6.45) is 5.71. The van der Waals surface area contributed by atoms with E-state index in [1.54, 1.807) is 24.8 Å². The standard InChI is InChI=1S/C26H35ClN2O6S/c1-4-7-11-22-28-25(36-13-10-8-9-12-23(30)32-5-2)24(26(31)33-6-3)29(22)16-18-14-20-21(15-19(18)27)35-17-34-20/h14-15H,4-13,16-17H2,1-3H3. The number of benzene rings is 1. The predicted octanol–water partition coefficient (Wildman–Crippen LogP) is 6.05. The monoisotopic (exact) mass is 538 g/mol. The lowest BCUT2D eigenvalue weighted by molar-refractivity contribution is -0.143. The van der Waals surface area contributed by atoms with Gasteiger partial charge >= 0.3 is 11.9 Å². The van der Waals surface area contributed by atoms with Crippen LogP contribution in [0.4, 0.5) is 0 Å². The van der Waals surface area contributed by atoms with Crippen LogP contribution in [0.15, 0.2) is 17.2 Å². The molecule has 3 rings (SSSR count). The van der Waals surface area contributed by atoms with Gasteiger partial charge in [0.1, 0.15) is 10.9 Å². The summed E-state index contributed by atoms with van der Waals surface area (Å²) in [7, 11) is 0. The highest BCUT2D eigenvalue weighted by Crippen LogP contribution is 2.38. The first-order chi connectivity index (χ1) is 17.5. The molecule has 8 nitrogen and oxygen atoms in total. The maximum Gasteiger partial charge on any atom is 0.357 e. The topological polar surface area (TPSA) is 88.9 Å². The SMILES string of the molecule is CCCCc1nc(SCCCCCC(=O)OCC)c(C(=O)OCC)n1Cc1cc2c(cc1Cl)OCO2. The van der Waals surface area contributed by atoms with Crippen LogP contribution in [0, 0.1) is 0 Å². The fourth-order valence-corrected chi connectivity index (χ4v) is 5.13. The summed E-state index contributed by atoms with van der Waals surface area (Å²) in [5.41, 5.74) is 1.27. The second kappa shape index (κ2) is 14.4. The van der Waals surface area contributed by atoms with Crippen molar-refractivity contribution in [3.63, 3.8) is 0 Å². The fourth-order valence-electron chi connectivity index (χ4n) is 3.87. The van der Waals surface area contributed by atoms with E-state index >= 15 is 0 Å². The Morgan fingerprint density at radius 2 is 1.81 bits per heavy atom. The predicted molar refractivity (Wildman–Crippen MR) is 139 cm³/mol. The Labute approximate surface area is 222 Å². The van der Waals surface area contributed by atoms with E-state index in [0.717, 1.165) is 55.7 Å². The zero-order chi connectivity index (χ0) is 25.9. The Morgan fingerprint density at radius 3 is 2.53 bits per heavy atom. The summed E-state index contributed by atoms with van der Waals surface area (Å²) in [6.45, 7) is 6.95. The minimum atomic E-state index is -0.394. The lowest BCUT2D eigenvalue weighted by atomic mass is 10.2. The Bertz CT molecular complexity index is 1040. The van der Waals surface area contributed by atoms with E-state index in [1.807, 2.05) is 17.6 Å². The minimum absolute atomic E-state index is 0.156. The van der Waals surface area contributed by atoms with Crippen LogP contribution in [0.5, 0.6) is 11.5 Å². The number of carbonyl (C=O) groups is 2. The van der Waals surface area contributed by atoms with Gasteiger partial charge in [0.05, 0.1) is 19.8 Å². The van der Waals surface area contributed by atoms with Gasteiger partial charge in [-0.1, -0.05) is 31.4 Å². The Kier molecular flexibility index (Phi) is 11.3. The lowest BCUT2D eigenvalue weighted by Crippen LogP contribution is -2.16. The van der Waals surface area contributed by atoms with E-state index in [-0.39, 0.29) is 19.4 Å². The normalized spacial score (nSPS) is 12.1. The van der Waals surface area contributed by atoms with Gasteiger partial charge in [0.25, 0.3) is 0 Å². The van der Waals surface area contributed by atoms with Gasteiger partial charge in [-0.2, -0.15) is 0 Å². The number of carbonyl (C=O) groups excluding carboxylic acids is 2. The molecule has 1 aromatic carbocycles. The first kappa shape index (κ1) is 28.2. The number of aryl methyl sites for hydroxylation is 1. The third-order valence-corrected chi connectivity index (χ3v) is 7.08. The number of hydrogen-bond acceptors (Lipinski definition) is 8. The number of rotatable bonds is 15. The molecule has 198 valence electrons. The zero-order valence-electron chi connectivity index (χ0n) is 21.3. The van der Waals surface area contributed by atoms with Gasteiger partial charge in [0.15, 0.2) is 17.2 Å². The van der Waals surface area contributed by atoms with E-state index in [0.29, 0.717) is 46.8 Å². The number of aromatic nitrogens is 2. The number of ether oxygens (including phenoxy) is 4. The van der Waals surface area contributed by atoms with Crippen LogP contribution in [0.1, 0.15) is 81.2 Å².